The fraction of sp³-hybridized carbons (Fsp3) is 0.467. The predicted octanol–water partition coefficient (Wildman–Crippen LogP) is 2.57. The minimum Gasteiger partial charge on any atom is -0.322 e. The van der Waals surface area contributed by atoms with Crippen molar-refractivity contribution in [2.75, 3.05) is 0 Å². The molecule has 0 aliphatic rings. The number of nitrogens with two attached hydrogens (primary N) is 1. The van der Waals surface area contributed by atoms with Crippen molar-refractivity contribution >= 4 is 0 Å². The first-order valence-electron chi connectivity index (χ1n) is 6.81. The molecule has 0 aliphatic carbocycles. The molecule has 0 aliphatic heterocycles. The maximum absolute atomic E-state index is 6.57. The summed E-state index contributed by atoms with van der Waals surface area (Å²) >= 11 is 0. The molecule has 0 bridgehead atoms. The van der Waals surface area contributed by atoms with Crippen molar-refractivity contribution in [1.82, 2.24) is 15.0 Å². The fourth-order valence-corrected chi connectivity index (χ4v) is 2.91. The largest absolute Gasteiger partial charge is 0.322 e. The maximum Gasteiger partial charge on any atom is 0.0760 e. The molecular formula is C15H22N4. The molecule has 2 aromatic rings. The van der Waals surface area contributed by atoms with Crippen molar-refractivity contribution in [3.05, 3.63) is 47.8 Å². The first-order valence-corrected chi connectivity index (χ1v) is 6.81. The second-order valence-corrected chi connectivity index (χ2v) is 4.99. The van der Waals surface area contributed by atoms with E-state index in [-0.39, 0.29) is 11.5 Å². The van der Waals surface area contributed by atoms with Crippen LogP contribution in [0.25, 0.3) is 0 Å². The summed E-state index contributed by atoms with van der Waals surface area (Å²) in [6.45, 7) is 4.39. The Morgan fingerprint density at radius 2 is 1.84 bits per heavy atom. The number of nitrogens with zero attached hydrogens (tertiary/aromatic N) is 3. The smallest absolute Gasteiger partial charge is 0.0760 e. The number of benzene rings is 1. The van der Waals surface area contributed by atoms with Gasteiger partial charge in [0.25, 0.3) is 0 Å². The zero-order valence-electron chi connectivity index (χ0n) is 11.9. The second kappa shape index (κ2) is 5.53. The van der Waals surface area contributed by atoms with Gasteiger partial charge in [-0.2, -0.15) is 0 Å². The standard InChI is InChI=1S/C15H22N4/c1-4-15(5-2,12-9-7-6-8-10-12)14(16)13-11-17-18-19(13)3/h6-11,14H,4-5,16H2,1-3H3. The summed E-state index contributed by atoms with van der Waals surface area (Å²) in [4.78, 5) is 0. The molecule has 1 heterocycles. The Kier molecular flexibility index (Phi) is 4.00. The van der Waals surface area contributed by atoms with Gasteiger partial charge < -0.3 is 5.73 Å². The summed E-state index contributed by atoms with van der Waals surface area (Å²) < 4.78 is 1.77. The topological polar surface area (TPSA) is 56.7 Å². The zero-order chi connectivity index (χ0) is 13.9. The van der Waals surface area contributed by atoms with E-state index in [2.05, 4.69) is 48.4 Å². The highest BCUT2D eigenvalue weighted by Crippen LogP contribution is 2.41. The third-order valence-electron chi connectivity index (χ3n) is 4.27. The van der Waals surface area contributed by atoms with Gasteiger partial charge in [0, 0.05) is 12.5 Å². The van der Waals surface area contributed by atoms with Crippen molar-refractivity contribution in [2.45, 2.75) is 38.1 Å². The van der Waals surface area contributed by atoms with Crippen molar-refractivity contribution in [3.8, 4) is 0 Å². The van der Waals surface area contributed by atoms with Gasteiger partial charge in [0.15, 0.2) is 0 Å². The molecule has 102 valence electrons. The van der Waals surface area contributed by atoms with E-state index in [4.69, 9.17) is 5.73 Å². The van der Waals surface area contributed by atoms with E-state index >= 15 is 0 Å². The Balaban J connectivity index is 2.48. The molecule has 0 saturated heterocycles. The van der Waals surface area contributed by atoms with Crippen LogP contribution in [-0.4, -0.2) is 15.0 Å². The maximum atomic E-state index is 6.57. The normalized spacial score (nSPS) is 13.5. The first kappa shape index (κ1) is 13.7. The van der Waals surface area contributed by atoms with Crippen LogP contribution in [0.15, 0.2) is 36.5 Å². The van der Waals surface area contributed by atoms with E-state index in [0.29, 0.717) is 0 Å². The molecular weight excluding hydrogens is 236 g/mol. The van der Waals surface area contributed by atoms with E-state index < -0.39 is 0 Å². The summed E-state index contributed by atoms with van der Waals surface area (Å²) in [5.74, 6) is 0. The molecule has 1 aromatic heterocycles. The van der Waals surface area contributed by atoms with Gasteiger partial charge in [0.05, 0.1) is 17.9 Å². The molecule has 0 spiro atoms. The number of hydrogen-bond donors (Lipinski definition) is 1. The van der Waals surface area contributed by atoms with Crippen LogP contribution in [0.5, 0.6) is 0 Å². The highest BCUT2D eigenvalue weighted by Gasteiger charge is 2.37. The van der Waals surface area contributed by atoms with Crippen LogP contribution < -0.4 is 5.73 Å². The molecule has 2 N–H and O–H groups in total. The Morgan fingerprint density at radius 1 is 1.21 bits per heavy atom. The number of rotatable bonds is 5. The minimum atomic E-state index is -0.107. The van der Waals surface area contributed by atoms with Gasteiger partial charge in [-0.05, 0) is 18.4 Å². The molecule has 0 amide bonds. The lowest BCUT2D eigenvalue weighted by Crippen LogP contribution is -2.39. The van der Waals surface area contributed by atoms with Crippen LogP contribution in [0.1, 0.15) is 44.0 Å². The zero-order valence-corrected chi connectivity index (χ0v) is 11.9. The summed E-state index contributed by atoms with van der Waals surface area (Å²) in [6, 6.07) is 10.4. The first-order chi connectivity index (χ1) is 9.15. The molecule has 0 fully saturated rings. The molecule has 0 saturated carbocycles. The van der Waals surface area contributed by atoms with Gasteiger partial charge in [-0.15, -0.1) is 5.10 Å². The summed E-state index contributed by atoms with van der Waals surface area (Å²) in [6.07, 6.45) is 3.74. The van der Waals surface area contributed by atoms with Crippen molar-refractivity contribution < 1.29 is 0 Å². The molecule has 2 rings (SSSR count). The van der Waals surface area contributed by atoms with Crippen LogP contribution >= 0.6 is 0 Å². The quantitative estimate of drug-likeness (QED) is 0.896. The summed E-state index contributed by atoms with van der Waals surface area (Å²) in [5, 5.41) is 7.95. The molecule has 1 unspecified atom stereocenters. The highest BCUT2D eigenvalue weighted by molar-refractivity contribution is 5.30. The Hall–Kier alpha value is -1.68. The molecule has 1 atom stereocenters. The van der Waals surface area contributed by atoms with Crippen LogP contribution in [-0.2, 0) is 12.5 Å². The monoisotopic (exact) mass is 258 g/mol. The van der Waals surface area contributed by atoms with E-state index in [9.17, 15) is 0 Å². The van der Waals surface area contributed by atoms with Crippen LogP contribution in [0.3, 0.4) is 0 Å². The SMILES string of the molecule is CCC(CC)(c1ccccc1)C(N)c1cnnn1C. The van der Waals surface area contributed by atoms with Gasteiger partial charge in [-0.1, -0.05) is 49.4 Å². The van der Waals surface area contributed by atoms with Crippen LogP contribution in [0, 0.1) is 0 Å². The molecule has 4 heteroatoms. The average Bonchev–Trinajstić information content (AvgIpc) is 2.88. The van der Waals surface area contributed by atoms with E-state index in [1.54, 1.807) is 10.9 Å². The summed E-state index contributed by atoms with van der Waals surface area (Å²) in [7, 11) is 1.89. The van der Waals surface area contributed by atoms with Gasteiger partial charge in [0.1, 0.15) is 0 Å². The average molecular weight is 258 g/mol. The Morgan fingerprint density at radius 3 is 2.32 bits per heavy atom. The van der Waals surface area contributed by atoms with E-state index in [1.807, 2.05) is 13.1 Å². The van der Waals surface area contributed by atoms with Gasteiger partial charge in [0.2, 0.25) is 0 Å². The lowest BCUT2D eigenvalue weighted by Gasteiger charge is -2.38. The summed E-state index contributed by atoms with van der Waals surface area (Å²) in [5.41, 5.74) is 8.76. The number of aromatic nitrogens is 3. The third-order valence-corrected chi connectivity index (χ3v) is 4.27. The lowest BCUT2D eigenvalue weighted by molar-refractivity contribution is 0.310. The molecule has 19 heavy (non-hydrogen) atoms. The van der Waals surface area contributed by atoms with Gasteiger partial charge >= 0.3 is 0 Å². The van der Waals surface area contributed by atoms with Crippen LogP contribution in [0.2, 0.25) is 0 Å². The third kappa shape index (κ3) is 2.28. The molecule has 4 nitrogen and oxygen atoms in total. The highest BCUT2D eigenvalue weighted by atomic mass is 15.4. The van der Waals surface area contributed by atoms with E-state index in [0.717, 1.165) is 18.5 Å². The second-order valence-electron chi connectivity index (χ2n) is 4.99. The van der Waals surface area contributed by atoms with Crippen molar-refractivity contribution in [1.29, 1.82) is 0 Å². The van der Waals surface area contributed by atoms with Gasteiger partial charge in [-0.25, -0.2) is 0 Å². The Bertz CT molecular complexity index is 514. The Labute approximate surface area is 114 Å². The lowest BCUT2D eigenvalue weighted by atomic mass is 9.69. The minimum absolute atomic E-state index is 0.0727. The molecule has 1 aromatic carbocycles. The van der Waals surface area contributed by atoms with Crippen molar-refractivity contribution in [2.24, 2.45) is 12.8 Å². The number of hydrogen-bond acceptors (Lipinski definition) is 3. The molecule has 0 radical (unpaired) electrons. The predicted molar refractivity (Wildman–Crippen MR) is 76.6 cm³/mol. The fourth-order valence-electron chi connectivity index (χ4n) is 2.91. The number of aryl methyl sites for hydroxylation is 1. The van der Waals surface area contributed by atoms with Crippen molar-refractivity contribution in [3.63, 3.8) is 0 Å². The van der Waals surface area contributed by atoms with Crippen LogP contribution in [0.4, 0.5) is 0 Å². The van der Waals surface area contributed by atoms with Gasteiger partial charge in [-0.3, -0.25) is 4.68 Å². The van der Waals surface area contributed by atoms with E-state index in [1.165, 1.54) is 5.56 Å².